The zero-order chi connectivity index (χ0) is 12.3. The highest BCUT2D eigenvalue weighted by Crippen LogP contribution is 2.30. The maximum Gasteiger partial charge on any atom is 0.0603 e. The van der Waals surface area contributed by atoms with E-state index in [-0.39, 0.29) is 0 Å². The third-order valence-electron chi connectivity index (χ3n) is 3.13. The standard InChI is InChI=1S/C14H18N2S/c1-11(14-8-5-9-17-14)16(2)13-7-4-3-6-12(13)10-15/h3-9,11H,10,15H2,1-2H3. The van der Waals surface area contributed by atoms with E-state index in [0.29, 0.717) is 12.6 Å². The van der Waals surface area contributed by atoms with Crippen LogP contribution in [0.1, 0.15) is 23.4 Å². The maximum absolute atomic E-state index is 5.78. The molecule has 1 aromatic heterocycles. The van der Waals surface area contributed by atoms with E-state index in [1.54, 1.807) is 11.3 Å². The number of anilines is 1. The van der Waals surface area contributed by atoms with E-state index in [2.05, 4.69) is 54.6 Å². The van der Waals surface area contributed by atoms with Crippen molar-refractivity contribution in [2.24, 2.45) is 5.73 Å². The number of nitrogens with two attached hydrogens (primary N) is 1. The normalized spacial score (nSPS) is 12.4. The van der Waals surface area contributed by atoms with Gasteiger partial charge in [0.05, 0.1) is 6.04 Å². The molecule has 2 rings (SSSR count). The Labute approximate surface area is 107 Å². The molecule has 3 heteroatoms. The van der Waals surface area contributed by atoms with E-state index in [9.17, 15) is 0 Å². The van der Waals surface area contributed by atoms with Gasteiger partial charge in [0.25, 0.3) is 0 Å². The van der Waals surface area contributed by atoms with Crippen molar-refractivity contribution < 1.29 is 0 Å². The van der Waals surface area contributed by atoms with Gasteiger partial charge < -0.3 is 10.6 Å². The Morgan fingerprint density at radius 3 is 2.65 bits per heavy atom. The molecular formula is C14H18N2S. The van der Waals surface area contributed by atoms with Gasteiger partial charge in [-0.15, -0.1) is 11.3 Å². The van der Waals surface area contributed by atoms with Gasteiger partial charge in [-0.2, -0.15) is 0 Å². The average Bonchev–Trinajstić information content (AvgIpc) is 2.90. The average molecular weight is 246 g/mol. The molecule has 17 heavy (non-hydrogen) atoms. The van der Waals surface area contributed by atoms with Crippen LogP contribution in [0.2, 0.25) is 0 Å². The Morgan fingerprint density at radius 1 is 1.24 bits per heavy atom. The second-order valence-electron chi connectivity index (χ2n) is 4.14. The summed E-state index contributed by atoms with van der Waals surface area (Å²) in [6.45, 7) is 2.80. The molecule has 1 unspecified atom stereocenters. The summed E-state index contributed by atoms with van der Waals surface area (Å²) in [5, 5.41) is 2.12. The van der Waals surface area contributed by atoms with Crippen LogP contribution in [-0.4, -0.2) is 7.05 Å². The Balaban J connectivity index is 2.27. The third-order valence-corrected chi connectivity index (χ3v) is 4.17. The van der Waals surface area contributed by atoms with Crippen molar-refractivity contribution in [3.63, 3.8) is 0 Å². The molecular weight excluding hydrogens is 228 g/mol. The van der Waals surface area contributed by atoms with Gasteiger partial charge in [-0.05, 0) is 30.0 Å². The molecule has 1 aromatic carbocycles. The van der Waals surface area contributed by atoms with Crippen LogP contribution in [0, 0.1) is 0 Å². The van der Waals surface area contributed by atoms with Gasteiger partial charge in [0, 0.05) is 24.2 Å². The summed E-state index contributed by atoms with van der Waals surface area (Å²) >= 11 is 1.79. The molecule has 0 saturated carbocycles. The molecule has 90 valence electrons. The second kappa shape index (κ2) is 5.34. The zero-order valence-electron chi connectivity index (χ0n) is 10.3. The molecule has 0 amide bonds. The van der Waals surface area contributed by atoms with Crippen LogP contribution in [0.15, 0.2) is 41.8 Å². The van der Waals surface area contributed by atoms with E-state index in [1.807, 2.05) is 6.07 Å². The van der Waals surface area contributed by atoms with Crippen molar-refractivity contribution in [3.05, 3.63) is 52.2 Å². The summed E-state index contributed by atoms with van der Waals surface area (Å²) in [7, 11) is 2.12. The predicted octanol–water partition coefficient (Wildman–Crippen LogP) is 3.40. The van der Waals surface area contributed by atoms with Crippen LogP contribution in [0.5, 0.6) is 0 Å². The van der Waals surface area contributed by atoms with E-state index >= 15 is 0 Å². The molecule has 0 saturated heterocycles. The molecule has 0 aliphatic rings. The molecule has 0 aliphatic carbocycles. The Hall–Kier alpha value is -1.32. The number of benzene rings is 1. The first kappa shape index (κ1) is 12.1. The third kappa shape index (κ3) is 2.51. The minimum Gasteiger partial charge on any atom is -0.367 e. The van der Waals surface area contributed by atoms with Crippen LogP contribution in [0.3, 0.4) is 0 Å². The van der Waals surface area contributed by atoms with Crippen LogP contribution < -0.4 is 10.6 Å². The highest BCUT2D eigenvalue weighted by Gasteiger charge is 2.14. The van der Waals surface area contributed by atoms with Gasteiger partial charge >= 0.3 is 0 Å². The van der Waals surface area contributed by atoms with Crippen LogP contribution >= 0.6 is 11.3 Å². The monoisotopic (exact) mass is 246 g/mol. The highest BCUT2D eigenvalue weighted by atomic mass is 32.1. The lowest BCUT2D eigenvalue weighted by Crippen LogP contribution is -2.22. The van der Waals surface area contributed by atoms with Gasteiger partial charge in [-0.3, -0.25) is 0 Å². The smallest absolute Gasteiger partial charge is 0.0603 e. The van der Waals surface area contributed by atoms with Crippen molar-refractivity contribution in [2.45, 2.75) is 19.5 Å². The van der Waals surface area contributed by atoms with Crippen LogP contribution in [0.25, 0.3) is 0 Å². The lowest BCUT2D eigenvalue weighted by molar-refractivity contribution is 0.748. The summed E-state index contributed by atoms with van der Waals surface area (Å²) in [4.78, 5) is 3.66. The first-order chi connectivity index (χ1) is 8.24. The summed E-state index contributed by atoms with van der Waals surface area (Å²) in [5.41, 5.74) is 8.19. The summed E-state index contributed by atoms with van der Waals surface area (Å²) in [6, 6.07) is 13.0. The molecule has 0 radical (unpaired) electrons. The first-order valence-corrected chi connectivity index (χ1v) is 6.66. The molecule has 0 fully saturated rings. The van der Waals surface area contributed by atoms with E-state index in [4.69, 9.17) is 5.73 Å². The van der Waals surface area contributed by atoms with Crippen molar-refractivity contribution in [2.75, 3.05) is 11.9 Å². The molecule has 0 spiro atoms. The molecule has 1 atom stereocenters. The maximum atomic E-state index is 5.78. The van der Waals surface area contributed by atoms with E-state index < -0.39 is 0 Å². The number of para-hydroxylation sites is 1. The van der Waals surface area contributed by atoms with E-state index in [1.165, 1.54) is 16.1 Å². The largest absolute Gasteiger partial charge is 0.367 e. The minimum atomic E-state index is 0.377. The number of nitrogens with zero attached hydrogens (tertiary/aromatic N) is 1. The predicted molar refractivity (Wildman–Crippen MR) is 75.5 cm³/mol. The molecule has 1 heterocycles. The van der Waals surface area contributed by atoms with Gasteiger partial charge in [0.15, 0.2) is 0 Å². The molecule has 2 aromatic rings. The molecule has 0 aliphatic heterocycles. The number of rotatable bonds is 4. The van der Waals surface area contributed by atoms with Crippen LogP contribution in [0.4, 0.5) is 5.69 Å². The minimum absolute atomic E-state index is 0.377. The Kier molecular flexibility index (Phi) is 3.82. The molecule has 2 N–H and O–H groups in total. The van der Waals surface area contributed by atoms with E-state index in [0.717, 1.165) is 0 Å². The van der Waals surface area contributed by atoms with Crippen molar-refractivity contribution >= 4 is 17.0 Å². The van der Waals surface area contributed by atoms with Crippen molar-refractivity contribution in [1.29, 1.82) is 0 Å². The fourth-order valence-corrected chi connectivity index (χ4v) is 2.78. The van der Waals surface area contributed by atoms with Crippen molar-refractivity contribution in [1.82, 2.24) is 0 Å². The lowest BCUT2D eigenvalue weighted by Gasteiger charge is -2.28. The van der Waals surface area contributed by atoms with Gasteiger partial charge in [-0.1, -0.05) is 24.3 Å². The van der Waals surface area contributed by atoms with Crippen molar-refractivity contribution in [3.8, 4) is 0 Å². The number of hydrogen-bond donors (Lipinski definition) is 1. The lowest BCUT2D eigenvalue weighted by atomic mass is 10.1. The molecule has 0 bridgehead atoms. The summed E-state index contributed by atoms with van der Waals surface area (Å²) in [6.07, 6.45) is 0. The second-order valence-corrected chi connectivity index (χ2v) is 5.11. The molecule has 2 nitrogen and oxygen atoms in total. The summed E-state index contributed by atoms with van der Waals surface area (Å²) < 4.78 is 0. The summed E-state index contributed by atoms with van der Waals surface area (Å²) in [5.74, 6) is 0. The highest BCUT2D eigenvalue weighted by molar-refractivity contribution is 7.10. The number of thiophene rings is 1. The zero-order valence-corrected chi connectivity index (χ0v) is 11.1. The number of hydrogen-bond acceptors (Lipinski definition) is 3. The fraction of sp³-hybridized carbons (Fsp3) is 0.286. The SMILES string of the molecule is CC(c1cccs1)N(C)c1ccccc1CN. The quantitative estimate of drug-likeness (QED) is 0.896. The van der Waals surface area contributed by atoms with Crippen LogP contribution in [-0.2, 0) is 6.54 Å². The topological polar surface area (TPSA) is 29.3 Å². The first-order valence-electron chi connectivity index (χ1n) is 5.78. The van der Waals surface area contributed by atoms with Gasteiger partial charge in [0.1, 0.15) is 0 Å². The van der Waals surface area contributed by atoms with Gasteiger partial charge in [-0.25, -0.2) is 0 Å². The Morgan fingerprint density at radius 2 is 2.00 bits per heavy atom. The van der Waals surface area contributed by atoms with Gasteiger partial charge in [0.2, 0.25) is 0 Å². The fourth-order valence-electron chi connectivity index (χ4n) is 1.96. The Bertz CT molecular complexity index is 465.